The highest BCUT2D eigenvalue weighted by Crippen LogP contribution is 2.21. The predicted octanol–water partition coefficient (Wildman–Crippen LogP) is 5.96. The van der Waals surface area contributed by atoms with E-state index in [1.54, 1.807) is 0 Å². The molecule has 1 nitrogen and oxygen atoms in total. The second-order valence-electron chi connectivity index (χ2n) is 6.04. The standard InChI is InChI=1S/C16H35OSi/c1-6-7-8-9-10-11-12-13-14-17-18(15(2)3)16(4)5/h15-16H,6-14H2,1-5H3. The van der Waals surface area contributed by atoms with Gasteiger partial charge in [-0.25, -0.2) is 0 Å². The summed E-state index contributed by atoms with van der Waals surface area (Å²) in [6.45, 7) is 12.5. The minimum absolute atomic E-state index is 0.583. The number of rotatable bonds is 12. The van der Waals surface area contributed by atoms with E-state index in [1.807, 2.05) is 0 Å². The summed E-state index contributed by atoms with van der Waals surface area (Å²) < 4.78 is 6.11. The first-order valence-corrected chi connectivity index (χ1v) is 9.65. The minimum atomic E-state index is -0.583. The van der Waals surface area contributed by atoms with E-state index in [4.69, 9.17) is 4.43 Å². The van der Waals surface area contributed by atoms with Gasteiger partial charge in [-0.1, -0.05) is 79.6 Å². The first-order chi connectivity index (χ1) is 8.59. The Kier molecular flexibility index (Phi) is 12.3. The minimum Gasteiger partial charge on any atom is -0.416 e. The fourth-order valence-corrected chi connectivity index (χ4v) is 4.81. The van der Waals surface area contributed by atoms with E-state index in [1.165, 1.54) is 51.4 Å². The molecule has 0 N–H and O–H groups in total. The van der Waals surface area contributed by atoms with Gasteiger partial charge in [-0.05, 0) is 17.5 Å². The lowest BCUT2D eigenvalue weighted by molar-refractivity contribution is 0.295. The van der Waals surface area contributed by atoms with Gasteiger partial charge in [-0.15, -0.1) is 0 Å². The molecule has 0 amide bonds. The van der Waals surface area contributed by atoms with Gasteiger partial charge in [-0.3, -0.25) is 0 Å². The summed E-state index contributed by atoms with van der Waals surface area (Å²) in [5, 5.41) is 0. The molecule has 0 aromatic carbocycles. The molecule has 0 aliphatic rings. The van der Waals surface area contributed by atoms with Crippen LogP contribution in [-0.2, 0) is 4.43 Å². The molecule has 109 valence electrons. The molecule has 0 aromatic rings. The SMILES string of the molecule is CCCCCCCCCCO[Si](C(C)C)C(C)C. The summed E-state index contributed by atoms with van der Waals surface area (Å²) in [4.78, 5) is 0. The molecule has 0 spiro atoms. The van der Waals surface area contributed by atoms with E-state index in [0.29, 0.717) is 0 Å². The van der Waals surface area contributed by atoms with Crippen LogP contribution < -0.4 is 0 Å². The van der Waals surface area contributed by atoms with Crippen LogP contribution in [0.4, 0.5) is 0 Å². The number of unbranched alkanes of at least 4 members (excludes halogenated alkanes) is 7. The maximum atomic E-state index is 6.11. The lowest BCUT2D eigenvalue weighted by Crippen LogP contribution is -2.26. The molecule has 0 atom stereocenters. The monoisotopic (exact) mass is 271 g/mol. The highest BCUT2D eigenvalue weighted by atomic mass is 28.3. The highest BCUT2D eigenvalue weighted by Gasteiger charge is 2.21. The van der Waals surface area contributed by atoms with Gasteiger partial charge in [0.2, 0.25) is 9.04 Å². The van der Waals surface area contributed by atoms with Crippen molar-refractivity contribution >= 4 is 9.04 Å². The van der Waals surface area contributed by atoms with Crippen LogP contribution in [0.2, 0.25) is 11.1 Å². The Morgan fingerprint density at radius 3 is 1.61 bits per heavy atom. The largest absolute Gasteiger partial charge is 0.416 e. The van der Waals surface area contributed by atoms with E-state index < -0.39 is 9.04 Å². The number of hydrogen-bond donors (Lipinski definition) is 0. The van der Waals surface area contributed by atoms with Crippen LogP contribution in [0.25, 0.3) is 0 Å². The summed E-state index contributed by atoms with van der Waals surface area (Å²) in [5.41, 5.74) is 1.48. The molecule has 0 aromatic heterocycles. The Labute approximate surface area is 117 Å². The zero-order valence-electron chi connectivity index (χ0n) is 13.4. The molecule has 0 bridgehead atoms. The average molecular weight is 272 g/mol. The van der Waals surface area contributed by atoms with E-state index in [-0.39, 0.29) is 0 Å². The fraction of sp³-hybridized carbons (Fsp3) is 1.00. The van der Waals surface area contributed by atoms with E-state index in [0.717, 1.165) is 17.7 Å². The van der Waals surface area contributed by atoms with Gasteiger partial charge < -0.3 is 4.43 Å². The van der Waals surface area contributed by atoms with Crippen molar-refractivity contribution in [3.8, 4) is 0 Å². The molecule has 1 radical (unpaired) electrons. The third kappa shape index (κ3) is 10.1. The first kappa shape index (κ1) is 18.2. The molecule has 0 aliphatic carbocycles. The van der Waals surface area contributed by atoms with Gasteiger partial charge >= 0.3 is 0 Å². The van der Waals surface area contributed by atoms with Crippen LogP contribution in [-0.4, -0.2) is 15.6 Å². The Morgan fingerprint density at radius 1 is 0.722 bits per heavy atom. The van der Waals surface area contributed by atoms with Crippen molar-refractivity contribution in [2.45, 2.75) is 97.1 Å². The van der Waals surface area contributed by atoms with Crippen molar-refractivity contribution in [1.29, 1.82) is 0 Å². The van der Waals surface area contributed by atoms with Crippen LogP contribution in [0.5, 0.6) is 0 Å². The first-order valence-electron chi connectivity index (χ1n) is 8.09. The van der Waals surface area contributed by atoms with Crippen LogP contribution in [0, 0.1) is 0 Å². The second-order valence-corrected chi connectivity index (χ2v) is 9.44. The molecule has 0 rings (SSSR count). The maximum absolute atomic E-state index is 6.11. The van der Waals surface area contributed by atoms with Crippen molar-refractivity contribution < 1.29 is 4.43 Å². The third-order valence-electron chi connectivity index (χ3n) is 3.40. The van der Waals surface area contributed by atoms with E-state index >= 15 is 0 Å². The molecule has 18 heavy (non-hydrogen) atoms. The zero-order valence-corrected chi connectivity index (χ0v) is 14.4. The topological polar surface area (TPSA) is 9.23 Å². The molecule has 2 heteroatoms. The molecule has 0 fully saturated rings. The Hall–Kier alpha value is 0.177. The van der Waals surface area contributed by atoms with E-state index in [9.17, 15) is 0 Å². The zero-order chi connectivity index (χ0) is 13.8. The Morgan fingerprint density at radius 2 is 1.17 bits per heavy atom. The summed E-state index contributed by atoms with van der Waals surface area (Å²) in [6, 6.07) is 0. The molecule has 0 heterocycles. The summed E-state index contributed by atoms with van der Waals surface area (Å²) in [6.07, 6.45) is 11.1. The van der Waals surface area contributed by atoms with Gasteiger partial charge in [-0.2, -0.15) is 0 Å². The van der Waals surface area contributed by atoms with Crippen molar-refractivity contribution in [3.63, 3.8) is 0 Å². The van der Waals surface area contributed by atoms with Gasteiger partial charge in [0, 0.05) is 6.61 Å². The molecule has 0 saturated carbocycles. The molecular formula is C16H35OSi. The quantitative estimate of drug-likeness (QED) is 0.314. The predicted molar refractivity (Wildman–Crippen MR) is 84.5 cm³/mol. The van der Waals surface area contributed by atoms with Crippen LogP contribution >= 0.6 is 0 Å². The average Bonchev–Trinajstić information content (AvgIpc) is 2.30. The molecule has 0 saturated heterocycles. The molecular weight excluding hydrogens is 236 g/mol. The van der Waals surface area contributed by atoms with Crippen molar-refractivity contribution in [2.24, 2.45) is 0 Å². The maximum Gasteiger partial charge on any atom is 0.216 e. The normalized spacial score (nSPS) is 12.0. The van der Waals surface area contributed by atoms with Crippen molar-refractivity contribution in [3.05, 3.63) is 0 Å². The van der Waals surface area contributed by atoms with Gasteiger partial charge in [0.25, 0.3) is 0 Å². The second kappa shape index (κ2) is 12.2. The van der Waals surface area contributed by atoms with Crippen LogP contribution in [0.3, 0.4) is 0 Å². The van der Waals surface area contributed by atoms with E-state index in [2.05, 4.69) is 34.6 Å². The molecule has 0 unspecified atom stereocenters. The fourth-order valence-electron chi connectivity index (χ4n) is 2.43. The number of hydrogen-bond acceptors (Lipinski definition) is 1. The lowest BCUT2D eigenvalue weighted by atomic mass is 10.1. The third-order valence-corrected chi connectivity index (χ3v) is 6.22. The summed E-state index contributed by atoms with van der Waals surface area (Å²) >= 11 is 0. The molecule has 0 aliphatic heterocycles. The van der Waals surface area contributed by atoms with Gasteiger partial charge in [0.05, 0.1) is 0 Å². The summed E-state index contributed by atoms with van der Waals surface area (Å²) in [5.74, 6) is 0. The Balaban J connectivity index is 3.33. The highest BCUT2D eigenvalue weighted by molar-refractivity contribution is 6.54. The Bertz CT molecular complexity index is 160. The van der Waals surface area contributed by atoms with Crippen molar-refractivity contribution in [2.75, 3.05) is 6.61 Å². The lowest BCUT2D eigenvalue weighted by Gasteiger charge is -2.22. The smallest absolute Gasteiger partial charge is 0.216 e. The van der Waals surface area contributed by atoms with Crippen LogP contribution in [0.1, 0.15) is 86.0 Å². The summed E-state index contributed by atoms with van der Waals surface area (Å²) in [7, 11) is -0.583. The van der Waals surface area contributed by atoms with Crippen molar-refractivity contribution in [1.82, 2.24) is 0 Å². The van der Waals surface area contributed by atoms with Gasteiger partial charge in [0.1, 0.15) is 0 Å². The van der Waals surface area contributed by atoms with Crippen LogP contribution in [0.15, 0.2) is 0 Å². The van der Waals surface area contributed by atoms with Gasteiger partial charge in [0.15, 0.2) is 0 Å².